The molecular formula is C13H20N2O. The SMILES string of the molecule is CCCNC(=O)c1ccc(C(C)C)cc1N. The van der Waals surface area contributed by atoms with Crippen molar-refractivity contribution in [2.75, 3.05) is 12.3 Å². The molecule has 0 aliphatic carbocycles. The molecule has 0 aromatic heterocycles. The van der Waals surface area contributed by atoms with E-state index in [2.05, 4.69) is 19.2 Å². The molecule has 1 amide bonds. The topological polar surface area (TPSA) is 55.1 Å². The molecule has 3 N–H and O–H groups in total. The van der Waals surface area contributed by atoms with Crippen molar-refractivity contribution in [3.8, 4) is 0 Å². The fourth-order valence-corrected chi connectivity index (χ4v) is 1.48. The number of nitrogens with one attached hydrogen (secondary N) is 1. The van der Waals surface area contributed by atoms with Crippen molar-refractivity contribution in [2.24, 2.45) is 0 Å². The molecule has 0 heterocycles. The van der Waals surface area contributed by atoms with Crippen LogP contribution in [0.1, 0.15) is 49.0 Å². The van der Waals surface area contributed by atoms with Crippen molar-refractivity contribution in [3.05, 3.63) is 29.3 Å². The summed E-state index contributed by atoms with van der Waals surface area (Å²) in [5.74, 6) is 0.338. The predicted octanol–water partition coefficient (Wildman–Crippen LogP) is 2.53. The number of hydrogen-bond donors (Lipinski definition) is 2. The maximum absolute atomic E-state index is 11.7. The number of nitrogens with two attached hydrogens (primary N) is 1. The normalized spacial score (nSPS) is 10.5. The van der Waals surface area contributed by atoms with Crippen LogP contribution in [0, 0.1) is 0 Å². The van der Waals surface area contributed by atoms with Gasteiger partial charge in [0.2, 0.25) is 0 Å². The molecule has 0 aliphatic rings. The largest absolute Gasteiger partial charge is 0.398 e. The van der Waals surface area contributed by atoms with Crippen molar-refractivity contribution in [3.63, 3.8) is 0 Å². The lowest BCUT2D eigenvalue weighted by molar-refractivity contribution is 0.0954. The maximum atomic E-state index is 11.7. The fraction of sp³-hybridized carbons (Fsp3) is 0.462. The highest BCUT2D eigenvalue weighted by Gasteiger charge is 2.10. The number of carbonyl (C=O) groups is 1. The molecule has 0 saturated carbocycles. The Morgan fingerprint density at radius 1 is 1.44 bits per heavy atom. The molecule has 3 heteroatoms. The van der Waals surface area contributed by atoms with Crippen LogP contribution in [-0.2, 0) is 0 Å². The van der Waals surface area contributed by atoms with Gasteiger partial charge in [-0.3, -0.25) is 4.79 Å². The second kappa shape index (κ2) is 5.54. The van der Waals surface area contributed by atoms with E-state index in [9.17, 15) is 4.79 Å². The van der Waals surface area contributed by atoms with E-state index in [0.717, 1.165) is 12.0 Å². The summed E-state index contributed by atoms with van der Waals surface area (Å²) < 4.78 is 0. The Bertz CT molecular complexity index is 372. The van der Waals surface area contributed by atoms with E-state index in [1.54, 1.807) is 6.07 Å². The summed E-state index contributed by atoms with van der Waals surface area (Å²) >= 11 is 0. The molecule has 0 saturated heterocycles. The number of anilines is 1. The number of hydrogen-bond acceptors (Lipinski definition) is 2. The molecule has 0 atom stereocenters. The number of amides is 1. The first-order chi connectivity index (χ1) is 7.56. The Labute approximate surface area is 97.0 Å². The van der Waals surface area contributed by atoms with Gasteiger partial charge in [0.1, 0.15) is 0 Å². The average molecular weight is 220 g/mol. The zero-order valence-electron chi connectivity index (χ0n) is 10.2. The lowest BCUT2D eigenvalue weighted by Gasteiger charge is -2.10. The number of rotatable bonds is 4. The summed E-state index contributed by atoms with van der Waals surface area (Å²) in [6.07, 6.45) is 0.926. The maximum Gasteiger partial charge on any atom is 0.253 e. The number of nitrogen functional groups attached to an aromatic ring is 1. The van der Waals surface area contributed by atoms with Gasteiger partial charge in [-0.1, -0.05) is 26.8 Å². The van der Waals surface area contributed by atoms with Crippen molar-refractivity contribution < 1.29 is 4.79 Å². The third kappa shape index (κ3) is 2.99. The first kappa shape index (κ1) is 12.6. The van der Waals surface area contributed by atoms with Gasteiger partial charge in [-0.15, -0.1) is 0 Å². The van der Waals surface area contributed by atoms with E-state index < -0.39 is 0 Å². The van der Waals surface area contributed by atoms with Gasteiger partial charge in [0.15, 0.2) is 0 Å². The van der Waals surface area contributed by atoms with E-state index in [1.165, 1.54) is 0 Å². The molecule has 16 heavy (non-hydrogen) atoms. The Kier molecular flexibility index (Phi) is 4.35. The Hall–Kier alpha value is -1.51. The molecule has 88 valence electrons. The lowest BCUT2D eigenvalue weighted by atomic mass is 10.00. The highest BCUT2D eigenvalue weighted by Crippen LogP contribution is 2.20. The molecule has 0 unspecified atom stereocenters. The summed E-state index contributed by atoms with van der Waals surface area (Å²) in [5.41, 5.74) is 8.15. The molecule has 0 fully saturated rings. The van der Waals surface area contributed by atoms with Gasteiger partial charge in [0.25, 0.3) is 5.91 Å². The van der Waals surface area contributed by atoms with E-state index >= 15 is 0 Å². The Morgan fingerprint density at radius 3 is 2.62 bits per heavy atom. The molecule has 1 aromatic rings. The molecular weight excluding hydrogens is 200 g/mol. The van der Waals surface area contributed by atoms with Crippen LogP contribution in [0.25, 0.3) is 0 Å². The van der Waals surface area contributed by atoms with E-state index in [4.69, 9.17) is 5.73 Å². The van der Waals surface area contributed by atoms with Crippen LogP contribution in [0.15, 0.2) is 18.2 Å². The highest BCUT2D eigenvalue weighted by atomic mass is 16.1. The first-order valence-corrected chi connectivity index (χ1v) is 5.73. The van der Waals surface area contributed by atoms with Gasteiger partial charge >= 0.3 is 0 Å². The average Bonchev–Trinajstić information content (AvgIpc) is 2.25. The summed E-state index contributed by atoms with van der Waals surface area (Å²) in [5, 5.41) is 2.82. The second-order valence-electron chi connectivity index (χ2n) is 4.26. The fourth-order valence-electron chi connectivity index (χ4n) is 1.48. The number of carbonyl (C=O) groups excluding carboxylic acids is 1. The molecule has 0 radical (unpaired) electrons. The van der Waals surface area contributed by atoms with Gasteiger partial charge in [-0.05, 0) is 30.0 Å². The van der Waals surface area contributed by atoms with Gasteiger partial charge < -0.3 is 11.1 Å². The van der Waals surface area contributed by atoms with Crippen molar-refractivity contribution >= 4 is 11.6 Å². The van der Waals surface area contributed by atoms with Crippen LogP contribution in [-0.4, -0.2) is 12.5 Å². The van der Waals surface area contributed by atoms with E-state index in [-0.39, 0.29) is 5.91 Å². The minimum absolute atomic E-state index is 0.0883. The zero-order chi connectivity index (χ0) is 12.1. The quantitative estimate of drug-likeness (QED) is 0.766. The Balaban J connectivity index is 2.86. The van der Waals surface area contributed by atoms with Crippen molar-refractivity contribution in [2.45, 2.75) is 33.1 Å². The van der Waals surface area contributed by atoms with Gasteiger partial charge in [0, 0.05) is 12.2 Å². The minimum Gasteiger partial charge on any atom is -0.398 e. The van der Waals surface area contributed by atoms with Crippen LogP contribution < -0.4 is 11.1 Å². The summed E-state index contributed by atoms with van der Waals surface area (Å²) in [4.78, 5) is 11.7. The highest BCUT2D eigenvalue weighted by molar-refractivity contribution is 5.99. The minimum atomic E-state index is -0.0883. The molecule has 3 nitrogen and oxygen atoms in total. The summed E-state index contributed by atoms with van der Waals surface area (Å²) in [6, 6.07) is 5.64. The zero-order valence-corrected chi connectivity index (χ0v) is 10.2. The molecule has 0 aliphatic heterocycles. The third-order valence-corrected chi connectivity index (χ3v) is 2.52. The van der Waals surface area contributed by atoms with Gasteiger partial charge in [-0.25, -0.2) is 0 Å². The smallest absolute Gasteiger partial charge is 0.253 e. The van der Waals surface area contributed by atoms with Gasteiger partial charge in [0.05, 0.1) is 5.56 Å². The standard InChI is InChI=1S/C13H20N2O/c1-4-7-15-13(16)11-6-5-10(9(2)3)8-12(11)14/h5-6,8-9H,4,7,14H2,1-3H3,(H,15,16). The van der Waals surface area contributed by atoms with Crippen LogP contribution in [0.5, 0.6) is 0 Å². The van der Waals surface area contributed by atoms with Crippen LogP contribution in [0.4, 0.5) is 5.69 Å². The van der Waals surface area contributed by atoms with Crippen LogP contribution in [0.3, 0.4) is 0 Å². The number of benzene rings is 1. The Morgan fingerprint density at radius 2 is 2.12 bits per heavy atom. The van der Waals surface area contributed by atoms with Crippen LogP contribution in [0.2, 0.25) is 0 Å². The molecule has 0 bridgehead atoms. The predicted molar refractivity (Wildman–Crippen MR) is 67.6 cm³/mol. The van der Waals surface area contributed by atoms with Crippen molar-refractivity contribution in [1.82, 2.24) is 5.32 Å². The summed E-state index contributed by atoms with van der Waals surface area (Å²) in [6.45, 7) is 6.91. The second-order valence-corrected chi connectivity index (χ2v) is 4.26. The van der Waals surface area contributed by atoms with Crippen LogP contribution >= 0.6 is 0 Å². The summed E-state index contributed by atoms with van der Waals surface area (Å²) in [7, 11) is 0. The van der Waals surface area contributed by atoms with Crippen molar-refractivity contribution in [1.29, 1.82) is 0 Å². The van der Waals surface area contributed by atoms with E-state index in [0.29, 0.717) is 23.7 Å². The monoisotopic (exact) mass is 220 g/mol. The van der Waals surface area contributed by atoms with E-state index in [1.807, 2.05) is 19.1 Å². The molecule has 0 spiro atoms. The third-order valence-electron chi connectivity index (χ3n) is 2.52. The lowest BCUT2D eigenvalue weighted by Crippen LogP contribution is -2.24. The van der Waals surface area contributed by atoms with Gasteiger partial charge in [-0.2, -0.15) is 0 Å². The molecule has 1 aromatic carbocycles. The molecule has 1 rings (SSSR count). The first-order valence-electron chi connectivity index (χ1n) is 5.73.